The van der Waals surface area contributed by atoms with Gasteiger partial charge in [0.05, 0.1) is 12.7 Å². The minimum atomic E-state index is -0.326. The Morgan fingerprint density at radius 2 is 1.61 bits per heavy atom. The van der Waals surface area contributed by atoms with Gasteiger partial charge in [0.15, 0.2) is 0 Å². The number of methoxy groups -OCH3 is 2. The number of carbonyl (C=O) groups is 2. The standard InChI is InChI=1S/C22H24N2O4/c1-15-5-9-17(10-6-15)23-20-19(16-7-11-18(28-3)12-8-16)21(25)24(22(20)26)13-4-14-27-2/h5-12,23H,4,13-14H2,1-3H3. The van der Waals surface area contributed by atoms with Crippen molar-refractivity contribution >= 4 is 23.1 Å². The maximum absolute atomic E-state index is 13.1. The number of carbonyl (C=O) groups excluding carboxylic acids is 2. The van der Waals surface area contributed by atoms with Crippen molar-refractivity contribution in [3.63, 3.8) is 0 Å². The van der Waals surface area contributed by atoms with Crippen molar-refractivity contribution in [1.82, 2.24) is 4.90 Å². The lowest BCUT2D eigenvalue weighted by Crippen LogP contribution is -2.33. The summed E-state index contributed by atoms with van der Waals surface area (Å²) >= 11 is 0. The number of anilines is 1. The molecule has 1 aliphatic rings. The summed E-state index contributed by atoms with van der Waals surface area (Å²) in [6.45, 7) is 2.79. The largest absolute Gasteiger partial charge is 0.497 e. The van der Waals surface area contributed by atoms with Crippen LogP contribution in [0.5, 0.6) is 5.75 Å². The molecule has 6 nitrogen and oxygen atoms in total. The molecule has 3 rings (SSSR count). The second-order valence-corrected chi connectivity index (χ2v) is 6.58. The number of ether oxygens (including phenoxy) is 2. The lowest BCUT2D eigenvalue weighted by Gasteiger charge is -2.15. The zero-order valence-electron chi connectivity index (χ0n) is 16.3. The first-order chi connectivity index (χ1) is 13.5. The second-order valence-electron chi connectivity index (χ2n) is 6.58. The van der Waals surface area contributed by atoms with E-state index in [1.54, 1.807) is 38.5 Å². The molecular formula is C22H24N2O4. The molecular weight excluding hydrogens is 356 g/mol. The van der Waals surface area contributed by atoms with E-state index in [9.17, 15) is 9.59 Å². The van der Waals surface area contributed by atoms with Gasteiger partial charge in [0.25, 0.3) is 11.8 Å². The van der Waals surface area contributed by atoms with E-state index in [-0.39, 0.29) is 17.5 Å². The number of imide groups is 1. The van der Waals surface area contributed by atoms with Gasteiger partial charge in [-0.05, 0) is 43.2 Å². The first kappa shape index (κ1) is 19.6. The van der Waals surface area contributed by atoms with Crippen LogP contribution in [0, 0.1) is 6.92 Å². The highest BCUT2D eigenvalue weighted by Crippen LogP contribution is 2.31. The van der Waals surface area contributed by atoms with E-state index >= 15 is 0 Å². The topological polar surface area (TPSA) is 67.9 Å². The molecule has 1 N–H and O–H groups in total. The van der Waals surface area contributed by atoms with E-state index < -0.39 is 0 Å². The molecule has 0 unspecified atom stereocenters. The molecule has 0 aliphatic carbocycles. The van der Waals surface area contributed by atoms with Gasteiger partial charge in [0, 0.05) is 25.9 Å². The summed E-state index contributed by atoms with van der Waals surface area (Å²) in [5.41, 5.74) is 3.20. The Morgan fingerprint density at radius 1 is 0.929 bits per heavy atom. The Balaban J connectivity index is 1.97. The van der Waals surface area contributed by atoms with Crippen LogP contribution in [-0.4, -0.2) is 44.1 Å². The van der Waals surface area contributed by atoms with Gasteiger partial charge < -0.3 is 14.8 Å². The molecule has 2 aromatic carbocycles. The van der Waals surface area contributed by atoms with Crippen molar-refractivity contribution in [1.29, 1.82) is 0 Å². The fraction of sp³-hybridized carbons (Fsp3) is 0.273. The third-order valence-electron chi connectivity index (χ3n) is 4.60. The highest BCUT2D eigenvalue weighted by Gasteiger charge is 2.38. The van der Waals surface area contributed by atoms with Gasteiger partial charge in [-0.25, -0.2) is 0 Å². The molecule has 0 saturated heterocycles. The molecule has 1 aliphatic heterocycles. The SMILES string of the molecule is COCCCN1C(=O)C(Nc2ccc(C)cc2)=C(c2ccc(OC)cc2)C1=O. The fourth-order valence-corrected chi connectivity index (χ4v) is 3.07. The van der Waals surface area contributed by atoms with Crippen molar-refractivity contribution in [3.05, 3.63) is 65.4 Å². The molecule has 0 bridgehead atoms. The molecule has 146 valence electrons. The molecule has 2 amide bonds. The van der Waals surface area contributed by atoms with Gasteiger partial charge in [-0.2, -0.15) is 0 Å². The maximum atomic E-state index is 13.1. The minimum absolute atomic E-state index is 0.288. The predicted octanol–water partition coefficient (Wildman–Crippen LogP) is 3.23. The first-order valence-electron chi connectivity index (χ1n) is 9.12. The summed E-state index contributed by atoms with van der Waals surface area (Å²) < 4.78 is 10.2. The van der Waals surface area contributed by atoms with Crippen LogP contribution in [0.2, 0.25) is 0 Å². The summed E-state index contributed by atoms with van der Waals surface area (Å²) in [4.78, 5) is 27.3. The molecule has 1 heterocycles. The third-order valence-corrected chi connectivity index (χ3v) is 4.60. The van der Waals surface area contributed by atoms with Gasteiger partial charge in [0.2, 0.25) is 0 Å². The Kier molecular flexibility index (Phi) is 6.11. The summed E-state index contributed by atoms with van der Waals surface area (Å²) in [6, 6.07) is 14.8. The van der Waals surface area contributed by atoms with Crippen molar-refractivity contribution < 1.29 is 19.1 Å². The van der Waals surface area contributed by atoms with Crippen LogP contribution in [-0.2, 0) is 14.3 Å². The first-order valence-corrected chi connectivity index (χ1v) is 9.12. The van der Waals surface area contributed by atoms with E-state index in [2.05, 4.69) is 5.32 Å². The van der Waals surface area contributed by atoms with Crippen LogP contribution in [0.1, 0.15) is 17.5 Å². The van der Waals surface area contributed by atoms with Gasteiger partial charge in [0.1, 0.15) is 11.4 Å². The fourth-order valence-electron chi connectivity index (χ4n) is 3.07. The summed E-state index contributed by atoms with van der Waals surface area (Å²) in [5, 5.41) is 3.15. The zero-order chi connectivity index (χ0) is 20.1. The maximum Gasteiger partial charge on any atom is 0.278 e. The van der Waals surface area contributed by atoms with E-state index in [0.717, 1.165) is 11.3 Å². The van der Waals surface area contributed by atoms with Gasteiger partial charge >= 0.3 is 0 Å². The minimum Gasteiger partial charge on any atom is -0.497 e. The lowest BCUT2D eigenvalue weighted by molar-refractivity contribution is -0.136. The van der Waals surface area contributed by atoms with E-state index in [1.807, 2.05) is 31.2 Å². The Labute approximate surface area is 164 Å². The Morgan fingerprint density at radius 3 is 2.21 bits per heavy atom. The molecule has 28 heavy (non-hydrogen) atoms. The van der Waals surface area contributed by atoms with Crippen LogP contribution in [0.25, 0.3) is 5.57 Å². The molecule has 0 radical (unpaired) electrons. The molecule has 6 heteroatoms. The van der Waals surface area contributed by atoms with E-state index in [1.165, 1.54) is 4.90 Å². The number of hydrogen-bond acceptors (Lipinski definition) is 5. The molecule has 0 fully saturated rings. The van der Waals surface area contributed by atoms with Crippen molar-refractivity contribution in [2.45, 2.75) is 13.3 Å². The third kappa shape index (κ3) is 4.07. The number of aryl methyl sites for hydroxylation is 1. The van der Waals surface area contributed by atoms with Crippen LogP contribution in [0.15, 0.2) is 54.2 Å². The average molecular weight is 380 g/mol. The van der Waals surface area contributed by atoms with Gasteiger partial charge in [-0.1, -0.05) is 29.8 Å². The highest BCUT2D eigenvalue weighted by atomic mass is 16.5. The monoisotopic (exact) mass is 380 g/mol. The Bertz CT molecular complexity index is 886. The molecule has 0 aromatic heterocycles. The molecule has 2 aromatic rings. The number of rotatable bonds is 8. The normalized spacial score (nSPS) is 14.0. The van der Waals surface area contributed by atoms with Crippen molar-refractivity contribution in [3.8, 4) is 5.75 Å². The van der Waals surface area contributed by atoms with E-state index in [0.29, 0.717) is 36.5 Å². The molecule has 0 saturated carbocycles. The highest BCUT2D eigenvalue weighted by molar-refractivity contribution is 6.36. The summed E-state index contributed by atoms with van der Waals surface area (Å²) in [6.07, 6.45) is 0.585. The zero-order valence-corrected chi connectivity index (χ0v) is 16.3. The van der Waals surface area contributed by atoms with Gasteiger partial charge in [-0.3, -0.25) is 14.5 Å². The van der Waals surface area contributed by atoms with E-state index in [4.69, 9.17) is 9.47 Å². The van der Waals surface area contributed by atoms with Crippen LogP contribution < -0.4 is 10.1 Å². The lowest BCUT2D eigenvalue weighted by atomic mass is 10.0. The van der Waals surface area contributed by atoms with Crippen molar-refractivity contribution in [2.24, 2.45) is 0 Å². The number of nitrogens with one attached hydrogen (secondary N) is 1. The molecule has 0 atom stereocenters. The number of amides is 2. The van der Waals surface area contributed by atoms with Crippen molar-refractivity contribution in [2.75, 3.05) is 32.7 Å². The number of benzene rings is 2. The number of nitrogens with zero attached hydrogens (tertiary/aromatic N) is 1. The van der Waals surface area contributed by atoms with Gasteiger partial charge in [-0.15, -0.1) is 0 Å². The van der Waals surface area contributed by atoms with Crippen LogP contribution in [0.4, 0.5) is 5.69 Å². The quantitative estimate of drug-likeness (QED) is 0.563. The second kappa shape index (κ2) is 8.71. The average Bonchev–Trinajstić information content (AvgIpc) is 2.94. The summed E-state index contributed by atoms with van der Waals surface area (Å²) in [5.74, 6) is 0.0551. The van der Waals surface area contributed by atoms with Crippen LogP contribution in [0.3, 0.4) is 0 Å². The summed E-state index contributed by atoms with van der Waals surface area (Å²) in [7, 11) is 3.18. The van der Waals surface area contributed by atoms with Crippen LogP contribution >= 0.6 is 0 Å². The number of hydrogen-bond donors (Lipinski definition) is 1. The Hall–Kier alpha value is -3.12. The molecule has 0 spiro atoms. The predicted molar refractivity (Wildman–Crippen MR) is 108 cm³/mol. The smallest absolute Gasteiger partial charge is 0.278 e.